The van der Waals surface area contributed by atoms with Crippen LogP contribution in [0.15, 0.2) is 218 Å². The zero-order valence-electron chi connectivity index (χ0n) is 35.3. The molecule has 0 N–H and O–H groups in total. The Balaban J connectivity index is 1.10. The quantitative estimate of drug-likeness (QED) is 0.156. The summed E-state index contributed by atoms with van der Waals surface area (Å²) in [5, 5.41) is 15.2. The van der Waals surface area contributed by atoms with Crippen molar-refractivity contribution in [2.24, 2.45) is 0 Å². The molecule has 0 nitrogen and oxygen atoms in total. The molecular weight excluding hydrogens is 757 g/mol. The SMILES string of the molecule is CC1(C)c2ccccc2-c2c1cc(-c1c3ccccc3c(-c3ccc(-c4c5ccccc5c(-c5ccccc5)c5ccccc45)c4ccccc34)c3ccccc13)c1ccccc21. The minimum atomic E-state index is -0.130. The van der Waals surface area contributed by atoms with E-state index in [1.807, 2.05) is 0 Å². The first-order valence-electron chi connectivity index (χ1n) is 22.2. The normalized spacial score (nSPS) is 13.0. The minimum absolute atomic E-state index is 0.130. The molecule has 0 radical (unpaired) electrons. The Hall–Kier alpha value is -7.80. The van der Waals surface area contributed by atoms with E-state index >= 15 is 0 Å². The van der Waals surface area contributed by atoms with Gasteiger partial charge in [-0.15, -0.1) is 0 Å². The molecule has 0 aromatic heterocycles. The van der Waals surface area contributed by atoms with E-state index in [0.29, 0.717) is 0 Å². The van der Waals surface area contributed by atoms with Crippen LogP contribution in [0.3, 0.4) is 0 Å². The second kappa shape index (κ2) is 13.6. The molecule has 0 amide bonds. The fraction of sp³-hybridized carbons (Fsp3) is 0.0476. The van der Waals surface area contributed by atoms with E-state index in [9.17, 15) is 0 Å². The summed E-state index contributed by atoms with van der Waals surface area (Å²) in [5.41, 5.74) is 15.6. The molecule has 12 aromatic rings. The van der Waals surface area contributed by atoms with E-state index in [1.54, 1.807) is 0 Å². The van der Waals surface area contributed by atoms with Gasteiger partial charge in [0.25, 0.3) is 0 Å². The lowest BCUT2D eigenvalue weighted by molar-refractivity contribution is 0.661. The first kappa shape index (κ1) is 35.9. The molecule has 0 fully saturated rings. The molecule has 0 saturated carbocycles. The molecule has 12 aromatic carbocycles. The Morgan fingerprint density at radius 1 is 0.222 bits per heavy atom. The second-order valence-electron chi connectivity index (χ2n) is 17.8. The summed E-state index contributed by atoms with van der Waals surface area (Å²) in [5.74, 6) is 0. The van der Waals surface area contributed by atoms with Crippen LogP contribution in [0.2, 0.25) is 0 Å². The maximum absolute atomic E-state index is 2.54. The van der Waals surface area contributed by atoms with E-state index in [-0.39, 0.29) is 5.41 Å². The van der Waals surface area contributed by atoms with Crippen LogP contribution in [0.1, 0.15) is 25.0 Å². The average molecular weight is 799 g/mol. The predicted molar refractivity (Wildman–Crippen MR) is 271 cm³/mol. The number of hydrogen-bond donors (Lipinski definition) is 0. The van der Waals surface area contributed by atoms with E-state index in [1.165, 1.54) is 131 Å². The molecule has 0 heteroatoms. The maximum Gasteiger partial charge on any atom is 0.0159 e. The molecule has 63 heavy (non-hydrogen) atoms. The van der Waals surface area contributed by atoms with Crippen LogP contribution in [0.4, 0.5) is 0 Å². The van der Waals surface area contributed by atoms with Crippen molar-refractivity contribution >= 4 is 64.6 Å². The maximum atomic E-state index is 2.54. The van der Waals surface area contributed by atoms with Gasteiger partial charge in [-0.1, -0.05) is 226 Å². The van der Waals surface area contributed by atoms with Crippen LogP contribution < -0.4 is 0 Å². The standard InChI is InChI=1S/C63H42/c1-63(2)56-35-19-18-34-54(56)62-43-25-9-8-24-42(43)55(38-57(62)63)61-50-32-16-14-30-48(50)60(49-31-15-17-33-51(49)61)53-37-36-52(40-22-6-7-23-41(40)53)59-46-28-12-10-26-44(46)58(39-20-4-3-5-21-39)45-27-11-13-29-47(45)59/h3-38H,1-2H3. The molecule has 0 aliphatic heterocycles. The van der Waals surface area contributed by atoms with Crippen molar-refractivity contribution < 1.29 is 0 Å². The number of hydrogen-bond acceptors (Lipinski definition) is 0. The number of benzene rings is 12. The third-order valence-electron chi connectivity index (χ3n) is 14.2. The number of rotatable bonds is 4. The van der Waals surface area contributed by atoms with Crippen LogP contribution in [-0.4, -0.2) is 0 Å². The molecule has 0 heterocycles. The highest BCUT2D eigenvalue weighted by Gasteiger charge is 2.37. The summed E-state index contributed by atoms with van der Waals surface area (Å²) in [7, 11) is 0. The van der Waals surface area contributed by atoms with Crippen LogP contribution in [0.5, 0.6) is 0 Å². The molecule has 1 aliphatic carbocycles. The molecule has 1 aliphatic rings. The molecular formula is C63H42. The summed E-state index contributed by atoms with van der Waals surface area (Å²) in [6, 6.07) is 81.6. The topological polar surface area (TPSA) is 0 Å². The largest absolute Gasteiger partial charge is 0.0622 e. The zero-order valence-corrected chi connectivity index (χ0v) is 35.3. The molecule has 0 spiro atoms. The summed E-state index contributed by atoms with van der Waals surface area (Å²) in [4.78, 5) is 0. The molecule has 0 saturated heterocycles. The molecule has 0 unspecified atom stereocenters. The molecule has 0 bridgehead atoms. The summed E-state index contributed by atoms with van der Waals surface area (Å²) in [6.07, 6.45) is 0. The van der Waals surface area contributed by atoms with Crippen molar-refractivity contribution in [2.75, 3.05) is 0 Å². The van der Waals surface area contributed by atoms with Crippen molar-refractivity contribution in [1.82, 2.24) is 0 Å². The lowest BCUT2D eigenvalue weighted by Gasteiger charge is -2.24. The molecule has 13 rings (SSSR count). The van der Waals surface area contributed by atoms with Crippen LogP contribution in [0, 0.1) is 0 Å². The molecule has 0 atom stereocenters. The summed E-state index contributed by atoms with van der Waals surface area (Å²) >= 11 is 0. The van der Waals surface area contributed by atoms with Gasteiger partial charge < -0.3 is 0 Å². The van der Waals surface area contributed by atoms with Gasteiger partial charge in [0.1, 0.15) is 0 Å². The Bertz CT molecular complexity index is 3750. The summed E-state index contributed by atoms with van der Waals surface area (Å²) in [6.45, 7) is 4.79. The van der Waals surface area contributed by atoms with Crippen molar-refractivity contribution in [3.8, 4) is 55.6 Å². The second-order valence-corrected chi connectivity index (χ2v) is 17.8. The van der Waals surface area contributed by atoms with Gasteiger partial charge in [-0.05, 0) is 137 Å². The fourth-order valence-electron chi connectivity index (χ4n) is 11.5. The van der Waals surface area contributed by atoms with Crippen molar-refractivity contribution in [1.29, 1.82) is 0 Å². The van der Waals surface area contributed by atoms with Gasteiger partial charge in [-0.25, -0.2) is 0 Å². The van der Waals surface area contributed by atoms with E-state index in [2.05, 4.69) is 232 Å². The Labute approximate surface area is 367 Å². The average Bonchev–Trinajstić information content (AvgIpc) is 3.58. The van der Waals surface area contributed by atoms with Gasteiger partial charge in [0, 0.05) is 5.41 Å². The van der Waals surface area contributed by atoms with Crippen LogP contribution >= 0.6 is 0 Å². The first-order chi connectivity index (χ1) is 31.1. The van der Waals surface area contributed by atoms with Gasteiger partial charge in [0.2, 0.25) is 0 Å². The summed E-state index contributed by atoms with van der Waals surface area (Å²) < 4.78 is 0. The highest BCUT2D eigenvalue weighted by atomic mass is 14.4. The Kier molecular flexibility index (Phi) is 7.75. The third-order valence-corrected chi connectivity index (χ3v) is 14.2. The number of fused-ring (bicyclic) bond motifs is 10. The van der Waals surface area contributed by atoms with Gasteiger partial charge in [-0.3, -0.25) is 0 Å². The van der Waals surface area contributed by atoms with Gasteiger partial charge >= 0.3 is 0 Å². The lowest BCUT2D eigenvalue weighted by atomic mass is 9.78. The van der Waals surface area contributed by atoms with E-state index in [4.69, 9.17) is 0 Å². The predicted octanol–water partition coefficient (Wildman–Crippen LogP) is 17.6. The lowest BCUT2D eigenvalue weighted by Crippen LogP contribution is -2.15. The Morgan fingerprint density at radius 2 is 0.540 bits per heavy atom. The first-order valence-corrected chi connectivity index (χ1v) is 22.2. The smallest absolute Gasteiger partial charge is 0.0159 e. The van der Waals surface area contributed by atoms with Crippen LogP contribution in [-0.2, 0) is 5.41 Å². The third kappa shape index (κ3) is 5.10. The zero-order chi connectivity index (χ0) is 41.8. The monoisotopic (exact) mass is 798 g/mol. The van der Waals surface area contributed by atoms with E-state index < -0.39 is 0 Å². The minimum Gasteiger partial charge on any atom is -0.0622 e. The van der Waals surface area contributed by atoms with Gasteiger partial charge in [0.15, 0.2) is 0 Å². The van der Waals surface area contributed by atoms with Crippen molar-refractivity contribution in [3.63, 3.8) is 0 Å². The van der Waals surface area contributed by atoms with Crippen molar-refractivity contribution in [2.45, 2.75) is 19.3 Å². The van der Waals surface area contributed by atoms with Gasteiger partial charge in [0.05, 0.1) is 0 Å². The van der Waals surface area contributed by atoms with E-state index in [0.717, 1.165) is 0 Å². The van der Waals surface area contributed by atoms with Gasteiger partial charge in [-0.2, -0.15) is 0 Å². The fourth-order valence-corrected chi connectivity index (χ4v) is 11.5. The molecule has 294 valence electrons. The Morgan fingerprint density at radius 3 is 0.984 bits per heavy atom. The van der Waals surface area contributed by atoms with Crippen molar-refractivity contribution in [3.05, 3.63) is 230 Å². The highest BCUT2D eigenvalue weighted by Crippen LogP contribution is 2.55. The highest BCUT2D eigenvalue weighted by molar-refractivity contribution is 6.28. The van der Waals surface area contributed by atoms with Crippen LogP contribution in [0.25, 0.3) is 120 Å².